The maximum atomic E-state index is 12.4. The maximum absolute atomic E-state index is 12.4. The Labute approximate surface area is 146 Å². The molecule has 0 aliphatic carbocycles. The van der Waals surface area contributed by atoms with Crippen LogP contribution in [0.3, 0.4) is 0 Å². The number of hydrogen-bond donors (Lipinski definition) is 1. The van der Waals surface area contributed by atoms with Gasteiger partial charge in [0.2, 0.25) is 5.91 Å². The summed E-state index contributed by atoms with van der Waals surface area (Å²) in [5, 5.41) is 3.28. The summed E-state index contributed by atoms with van der Waals surface area (Å²) in [6.45, 7) is -1.64. The summed E-state index contributed by atoms with van der Waals surface area (Å²) < 4.78 is 34.3. The third kappa shape index (κ3) is 5.79. The number of amides is 1. The SMILES string of the molecule is COc1ccc(CN(C)C(=O)CC2CCCN2)cc1OC(F)F.Cl. The number of nitrogens with one attached hydrogen (secondary N) is 1. The third-order valence-electron chi connectivity index (χ3n) is 3.87. The van der Waals surface area contributed by atoms with E-state index in [0.717, 1.165) is 19.4 Å². The molecule has 8 heteroatoms. The first-order valence-corrected chi connectivity index (χ1v) is 7.58. The highest BCUT2D eigenvalue weighted by Gasteiger charge is 2.20. The molecule has 1 aromatic rings. The predicted molar refractivity (Wildman–Crippen MR) is 89.0 cm³/mol. The van der Waals surface area contributed by atoms with Gasteiger partial charge in [0.25, 0.3) is 0 Å². The monoisotopic (exact) mass is 364 g/mol. The van der Waals surface area contributed by atoms with Crippen LogP contribution in [0.15, 0.2) is 18.2 Å². The quantitative estimate of drug-likeness (QED) is 0.808. The van der Waals surface area contributed by atoms with Gasteiger partial charge in [-0.25, -0.2) is 0 Å². The molecule has 1 unspecified atom stereocenters. The molecule has 0 aromatic heterocycles. The molecule has 1 aromatic carbocycles. The molecule has 1 fully saturated rings. The highest BCUT2D eigenvalue weighted by molar-refractivity contribution is 5.85. The van der Waals surface area contributed by atoms with Gasteiger partial charge in [0.15, 0.2) is 11.5 Å². The lowest BCUT2D eigenvalue weighted by Crippen LogP contribution is -2.33. The number of halogens is 3. The summed E-state index contributed by atoms with van der Waals surface area (Å²) in [6, 6.07) is 5.00. The molecule has 136 valence electrons. The Balaban J connectivity index is 0.00000288. The molecule has 24 heavy (non-hydrogen) atoms. The molecule has 0 spiro atoms. The van der Waals surface area contributed by atoms with E-state index in [-0.39, 0.29) is 35.9 Å². The summed E-state index contributed by atoms with van der Waals surface area (Å²) in [5.41, 5.74) is 0.705. The van der Waals surface area contributed by atoms with Crippen molar-refractivity contribution in [1.82, 2.24) is 10.2 Å². The first kappa shape index (κ1) is 20.4. The Bertz CT molecular complexity index is 540. The largest absolute Gasteiger partial charge is 0.493 e. The summed E-state index contributed by atoms with van der Waals surface area (Å²) in [7, 11) is 3.09. The number of methoxy groups -OCH3 is 1. The average molecular weight is 365 g/mol. The van der Waals surface area contributed by atoms with Crippen molar-refractivity contribution in [3.63, 3.8) is 0 Å². The Kier molecular flexibility index (Phi) is 8.21. The molecule has 1 aliphatic rings. The van der Waals surface area contributed by atoms with Crippen LogP contribution >= 0.6 is 12.4 Å². The topological polar surface area (TPSA) is 50.8 Å². The van der Waals surface area contributed by atoms with Crippen molar-refractivity contribution in [2.45, 2.75) is 38.5 Å². The molecule has 1 heterocycles. The molecule has 0 saturated carbocycles. The Hall–Kier alpha value is -1.60. The first-order valence-electron chi connectivity index (χ1n) is 7.58. The zero-order valence-corrected chi connectivity index (χ0v) is 14.6. The van der Waals surface area contributed by atoms with E-state index in [4.69, 9.17) is 4.74 Å². The van der Waals surface area contributed by atoms with Gasteiger partial charge in [-0.3, -0.25) is 4.79 Å². The van der Waals surface area contributed by atoms with E-state index in [1.54, 1.807) is 24.1 Å². The molecule has 5 nitrogen and oxygen atoms in total. The van der Waals surface area contributed by atoms with E-state index in [2.05, 4.69) is 10.1 Å². The van der Waals surface area contributed by atoms with Gasteiger partial charge in [-0.2, -0.15) is 8.78 Å². The second kappa shape index (κ2) is 9.64. The normalized spacial score (nSPS) is 16.6. The number of hydrogen-bond acceptors (Lipinski definition) is 4. The molecule has 1 atom stereocenters. The van der Waals surface area contributed by atoms with Gasteiger partial charge in [0, 0.05) is 26.1 Å². The highest BCUT2D eigenvalue weighted by Crippen LogP contribution is 2.30. The minimum Gasteiger partial charge on any atom is -0.493 e. The number of rotatable bonds is 7. The van der Waals surface area contributed by atoms with E-state index < -0.39 is 6.61 Å². The van der Waals surface area contributed by atoms with Gasteiger partial charge < -0.3 is 19.7 Å². The van der Waals surface area contributed by atoms with Crippen LogP contribution in [0.25, 0.3) is 0 Å². The zero-order chi connectivity index (χ0) is 16.8. The van der Waals surface area contributed by atoms with Gasteiger partial charge in [0.1, 0.15) is 0 Å². The molecule has 1 N–H and O–H groups in total. The minimum atomic E-state index is -2.92. The molecular weight excluding hydrogens is 342 g/mol. The van der Waals surface area contributed by atoms with Gasteiger partial charge >= 0.3 is 6.61 Å². The van der Waals surface area contributed by atoms with E-state index in [1.165, 1.54) is 13.2 Å². The van der Waals surface area contributed by atoms with Gasteiger partial charge in [0.05, 0.1) is 7.11 Å². The van der Waals surface area contributed by atoms with Crippen LogP contribution in [0.4, 0.5) is 8.78 Å². The molecule has 1 amide bonds. The van der Waals surface area contributed by atoms with Crippen LogP contribution in [0.5, 0.6) is 11.5 Å². The van der Waals surface area contributed by atoms with Crippen molar-refractivity contribution in [2.75, 3.05) is 20.7 Å². The lowest BCUT2D eigenvalue weighted by Gasteiger charge is -2.20. The first-order chi connectivity index (χ1) is 11.0. The fourth-order valence-electron chi connectivity index (χ4n) is 2.67. The van der Waals surface area contributed by atoms with Crippen molar-refractivity contribution >= 4 is 18.3 Å². The Morgan fingerprint density at radius 1 is 1.42 bits per heavy atom. The summed E-state index contributed by atoms with van der Waals surface area (Å²) in [5.74, 6) is 0.230. The van der Waals surface area contributed by atoms with Crippen molar-refractivity contribution < 1.29 is 23.0 Å². The fourth-order valence-corrected chi connectivity index (χ4v) is 2.67. The molecule has 0 bridgehead atoms. The lowest BCUT2D eigenvalue weighted by atomic mass is 10.1. The van der Waals surface area contributed by atoms with E-state index in [1.807, 2.05) is 0 Å². The summed E-state index contributed by atoms with van der Waals surface area (Å²) >= 11 is 0. The van der Waals surface area contributed by atoms with Crippen LogP contribution in [-0.2, 0) is 11.3 Å². The van der Waals surface area contributed by atoms with Crippen molar-refractivity contribution in [1.29, 1.82) is 0 Å². The molecule has 1 aliphatic heterocycles. The van der Waals surface area contributed by atoms with Crippen molar-refractivity contribution in [3.05, 3.63) is 23.8 Å². The van der Waals surface area contributed by atoms with Crippen LogP contribution < -0.4 is 14.8 Å². The van der Waals surface area contributed by atoms with E-state index in [0.29, 0.717) is 18.5 Å². The van der Waals surface area contributed by atoms with E-state index >= 15 is 0 Å². The van der Waals surface area contributed by atoms with Crippen LogP contribution in [0, 0.1) is 0 Å². The number of ether oxygens (including phenoxy) is 2. The molecule has 2 rings (SSSR count). The van der Waals surface area contributed by atoms with E-state index in [9.17, 15) is 13.6 Å². The number of benzene rings is 1. The fraction of sp³-hybridized carbons (Fsp3) is 0.562. The standard InChI is InChI=1S/C16H22F2N2O3.ClH/c1-20(15(21)9-12-4-3-7-19-12)10-11-5-6-13(22-2)14(8-11)23-16(17)18;/h5-6,8,12,16,19H,3-4,7,9-10H2,1-2H3;1H. The van der Waals surface area contributed by atoms with Crippen LogP contribution in [0.2, 0.25) is 0 Å². The van der Waals surface area contributed by atoms with Gasteiger partial charge in [-0.1, -0.05) is 6.07 Å². The highest BCUT2D eigenvalue weighted by atomic mass is 35.5. The molecule has 1 saturated heterocycles. The number of nitrogens with zero attached hydrogens (tertiary/aromatic N) is 1. The van der Waals surface area contributed by atoms with Crippen LogP contribution in [0.1, 0.15) is 24.8 Å². The van der Waals surface area contributed by atoms with Gasteiger partial charge in [-0.05, 0) is 37.1 Å². The third-order valence-corrected chi connectivity index (χ3v) is 3.87. The maximum Gasteiger partial charge on any atom is 0.387 e. The Morgan fingerprint density at radius 3 is 2.75 bits per heavy atom. The number of alkyl halides is 2. The average Bonchev–Trinajstić information content (AvgIpc) is 2.99. The van der Waals surface area contributed by atoms with Crippen molar-refractivity contribution in [2.24, 2.45) is 0 Å². The van der Waals surface area contributed by atoms with Gasteiger partial charge in [-0.15, -0.1) is 12.4 Å². The summed E-state index contributed by atoms with van der Waals surface area (Å²) in [6.07, 6.45) is 2.55. The summed E-state index contributed by atoms with van der Waals surface area (Å²) in [4.78, 5) is 13.8. The second-order valence-corrected chi connectivity index (χ2v) is 5.61. The minimum absolute atomic E-state index is 0. The molecule has 0 radical (unpaired) electrons. The second-order valence-electron chi connectivity index (χ2n) is 5.61. The lowest BCUT2D eigenvalue weighted by molar-refractivity contribution is -0.130. The van der Waals surface area contributed by atoms with Crippen LogP contribution in [-0.4, -0.2) is 44.2 Å². The zero-order valence-electron chi connectivity index (χ0n) is 13.8. The van der Waals surface area contributed by atoms with Crippen molar-refractivity contribution in [3.8, 4) is 11.5 Å². The predicted octanol–water partition coefficient (Wildman–Crippen LogP) is 2.82. The smallest absolute Gasteiger partial charge is 0.387 e. The number of carbonyl (C=O) groups is 1. The number of carbonyl (C=O) groups excluding carboxylic acids is 1. The Morgan fingerprint density at radius 2 is 2.17 bits per heavy atom. The molecular formula is C16H23ClF2N2O3.